The van der Waals surface area contributed by atoms with Gasteiger partial charge in [-0.1, -0.05) is 0 Å². The Bertz CT molecular complexity index is 460. The molecule has 0 saturated carbocycles. The SMILES string of the molecule is C#CCC(C)Nc1c(F)cc([N+](=O)[O-])cc1F. The molecular weight excluding hydrogens is 230 g/mol. The van der Waals surface area contributed by atoms with Crippen LogP contribution in [0.25, 0.3) is 0 Å². The van der Waals surface area contributed by atoms with E-state index in [9.17, 15) is 18.9 Å². The lowest BCUT2D eigenvalue weighted by Crippen LogP contribution is -2.16. The molecule has 0 amide bonds. The lowest BCUT2D eigenvalue weighted by Gasteiger charge is -2.13. The number of nitrogens with one attached hydrogen (secondary N) is 1. The van der Waals surface area contributed by atoms with E-state index in [0.29, 0.717) is 12.1 Å². The van der Waals surface area contributed by atoms with Crippen molar-refractivity contribution in [1.29, 1.82) is 0 Å². The first kappa shape index (κ1) is 12.9. The average molecular weight is 240 g/mol. The summed E-state index contributed by atoms with van der Waals surface area (Å²) in [5, 5.41) is 12.9. The summed E-state index contributed by atoms with van der Waals surface area (Å²) in [4.78, 5) is 9.51. The molecule has 4 nitrogen and oxygen atoms in total. The summed E-state index contributed by atoms with van der Waals surface area (Å²) >= 11 is 0. The van der Waals surface area contributed by atoms with Crippen LogP contribution in [0.3, 0.4) is 0 Å². The largest absolute Gasteiger partial charge is 0.377 e. The van der Waals surface area contributed by atoms with E-state index in [-0.39, 0.29) is 12.5 Å². The van der Waals surface area contributed by atoms with Crippen molar-refractivity contribution in [3.8, 4) is 12.3 Å². The Morgan fingerprint density at radius 1 is 1.53 bits per heavy atom. The quantitative estimate of drug-likeness (QED) is 0.500. The number of hydrogen-bond acceptors (Lipinski definition) is 3. The first-order chi connectivity index (χ1) is 7.95. The molecule has 0 radical (unpaired) electrons. The van der Waals surface area contributed by atoms with E-state index < -0.39 is 27.9 Å². The van der Waals surface area contributed by atoms with Gasteiger partial charge < -0.3 is 5.32 Å². The van der Waals surface area contributed by atoms with Crippen LogP contribution in [0, 0.1) is 34.1 Å². The molecule has 0 heterocycles. The van der Waals surface area contributed by atoms with Crippen molar-refractivity contribution in [2.75, 3.05) is 5.32 Å². The van der Waals surface area contributed by atoms with Gasteiger partial charge in [-0.3, -0.25) is 10.1 Å². The second-order valence-corrected chi connectivity index (χ2v) is 3.50. The summed E-state index contributed by atoms with van der Waals surface area (Å²) in [6.45, 7) is 1.65. The Hall–Kier alpha value is -2.16. The zero-order valence-electron chi connectivity index (χ0n) is 9.04. The number of nitro benzene ring substituents is 1. The van der Waals surface area contributed by atoms with Crippen molar-refractivity contribution in [3.63, 3.8) is 0 Å². The van der Waals surface area contributed by atoms with E-state index in [2.05, 4.69) is 11.2 Å². The molecule has 17 heavy (non-hydrogen) atoms. The van der Waals surface area contributed by atoms with Gasteiger partial charge in [0.2, 0.25) is 0 Å². The first-order valence-electron chi connectivity index (χ1n) is 4.79. The van der Waals surface area contributed by atoms with Crippen molar-refractivity contribution in [2.45, 2.75) is 19.4 Å². The number of terminal acetylenes is 1. The predicted octanol–water partition coefficient (Wildman–Crippen LogP) is 2.70. The molecule has 90 valence electrons. The average Bonchev–Trinajstić information content (AvgIpc) is 2.23. The summed E-state index contributed by atoms with van der Waals surface area (Å²) < 4.78 is 26.8. The molecule has 1 rings (SSSR count). The van der Waals surface area contributed by atoms with Crippen molar-refractivity contribution < 1.29 is 13.7 Å². The fraction of sp³-hybridized carbons (Fsp3) is 0.273. The van der Waals surface area contributed by atoms with Gasteiger partial charge >= 0.3 is 0 Å². The molecular formula is C11H10F2N2O2. The van der Waals surface area contributed by atoms with Gasteiger partial charge in [-0.25, -0.2) is 8.78 Å². The number of hydrogen-bond donors (Lipinski definition) is 1. The second kappa shape index (κ2) is 5.25. The Morgan fingerprint density at radius 3 is 2.47 bits per heavy atom. The lowest BCUT2D eigenvalue weighted by atomic mass is 10.2. The fourth-order valence-electron chi connectivity index (χ4n) is 1.28. The summed E-state index contributed by atoms with van der Waals surface area (Å²) in [7, 11) is 0. The standard InChI is InChI=1S/C11H10F2N2O2/c1-3-4-7(2)14-11-9(12)5-8(15(16)17)6-10(11)13/h1,5-7,14H,4H2,2H3. The summed E-state index contributed by atoms with van der Waals surface area (Å²) in [6.07, 6.45) is 5.34. The maximum absolute atomic E-state index is 13.4. The summed E-state index contributed by atoms with van der Waals surface area (Å²) in [5.41, 5.74) is -1.03. The Morgan fingerprint density at radius 2 is 2.06 bits per heavy atom. The predicted molar refractivity (Wildman–Crippen MR) is 59.5 cm³/mol. The van der Waals surface area contributed by atoms with Crippen molar-refractivity contribution in [3.05, 3.63) is 33.9 Å². The zero-order chi connectivity index (χ0) is 13.0. The highest BCUT2D eigenvalue weighted by Gasteiger charge is 2.17. The lowest BCUT2D eigenvalue weighted by molar-refractivity contribution is -0.385. The molecule has 0 aliphatic rings. The van der Waals surface area contributed by atoms with Gasteiger partial charge in [0.25, 0.3) is 5.69 Å². The highest BCUT2D eigenvalue weighted by molar-refractivity contribution is 5.52. The van der Waals surface area contributed by atoms with Crippen molar-refractivity contribution >= 4 is 11.4 Å². The van der Waals surface area contributed by atoms with Gasteiger partial charge in [0.05, 0.1) is 17.1 Å². The molecule has 1 aromatic rings. The topological polar surface area (TPSA) is 55.2 Å². The molecule has 0 aromatic heterocycles. The maximum Gasteiger partial charge on any atom is 0.275 e. The van der Waals surface area contributed by atoms with E-state index in [0.717, 1.165) is 0 Å². The van der Waals surface area contributed by atoms with Gasteiger partial charge in [-0.15, -0.1) is 12.3 Å². The normalized spacial score (nSPS) is 11.6. The molecule has 1 aromatic carbocycles. The number of benzene rings is 1. The molecule has 1 N–H and O–H groups in total. The van der Waals surface area contributed by atoms with Crippen LogP contribution in [0.2, 0.25) is 0 Å². The minimum absolute atomic E-state index is 0.288. The Kier molecular flexibility index (Phi) is 3.99. The van der Waals surface area contributed by atoms with Crippen molar-refractivity contribution in [2.24, 2.45) is 0 Å². The van der Waals surface area contributed by atoms with Crippen LogP contribution in [0.5, 0.6) is 0 Å². The van der Waals surface area contributed by atoms with Gasteiger partial charge in [0.15, 0.2) is 11.6 Å². The van der Waals surface area contributed by atoms with E-state index in [1.165, 1.54) is 0 Å². The van der Waals surface area contributed by atoms with Crippen molar-refractivity contribution in [1.82, 2.24) is 0 Å². The highest BCUT2D eigenvalue weighted by atomic mass is 19.1. The molecule has 0 bridgehead atoms. The number of anilines is 1. The molecule has 1 unspecified atom stereocenters. The van der Waals surface area contributed by atoms with Gasteiger partial charge in [-0.2, -0.15) is 0 Å². The van der Waals surface area contributed by atoms with Crippen LogP contribution >= 0.6 is 0 Å². The third kappa shape index (κ3) is 3.14. The van der Waals surface area contributed by atoms with Crippen LogP contribution in [0.4, 0.5) is 20.2 Å². The number of non-ortho nitro benzene ring substituents is 1. The monoisotopic (exact) mass is 240 g/mol. The van der Waals surface area contributed by atoms with Crippen LogP contribution in [-0.4, -0.2) is 11.0 Å². The van der Waals surface area contributed by atoms with E-state index in [1.54, 1.807) is 6.92 Å². The third-order valence-corrected chi connectivity index (χ3v) is 2.05. The van der Waals surface area contributed by atoms with Crippen LogP contribution in [0.15, 0.2) is 12.1 Å². The van der Waals surface area contributed by atoms with Crippen LogP contribution in [-0.2, 0) is 0 Å². The molecule has 0 aliphatic carbocycles. The number of rotatable bonds is 4. The Balaban J connectivity index is 3.02. The molecule has 0 fully saturated rings. The zero-order valence-corrected chi connectivity index (χ0v) is 9.04. The first-order valence-corrected chi connectivity index (χ1v) is 4.79. The summed E-state index contributed by atoms with van der Waals surface area (Å²) in [5.74, 6) is 0.314. The minimum atomic E-state index is -1.01. The van der Waals surface area contributed by atoms with Crippen LogP contribution < -0.4 is 5.32 Å². The van der Waals surface area contributed by atoms with E-state index in [4.69, 9.17) is 6.42 Å². The molecule has 0 spiro atoms. The highest BCUT2D eigenvalue weighted by Crippen LogP contribution is 2.25. The number of halogens is 2. The Labute approximate surface area is 96.8 Å². The van der Waals surface area contributed by atoms with E-state index in [1.807, 2.05) is 0 Å². The molecule has 1 atom stereocenters. The van der Waals surface area contributed by atoms with Gasteiger partial charge in [-0.05, 0) is 6.92 Å². The molecule has 6 heteroatoms. The number of nitrogens with zero attached hydrogens (tertiary/aromatic N) is 1. The van der Waals surface area contributed by atoms with E-state index >= 15 is 0 Å². The fourth-order valence-corrected chi connectivity index (χ4v) is 1.28. The van der Waals surface area contributed by atoms with Crippen LogP contribution in [0.1, 0.15) is 13.3 Å². The molecule has 0 aliphatic heterocycles. The van der Waals surface area contributed by atoms with Gasteiger partial charge in [0, 0.05) is 12.5 Å². The smallest absolute Gasteiger partial charge is 0.275 e. The third-order valence-electron chi connectivity index (χ3n) is 2.05. The maximum atomic E-state index is 13.4. The summed E-state index contributed by atoms with van der Waals surface area (Å²) in [6, 6.07) is 0.993. The number of nitro groups is 1. The second-order valence-electron chi connectivity index (χ2n) is 3.50. The molecule has 0 saturated heterocycles. The minimum Gasteiger partial charge on any atom is -0.377 e. The van der Waals surface area contributed by atoms with Gasteiger partial charge in [0.1, 0.15) is 5.69 Å².